The number of nitrogens with zero attached hydrogens (tertiary/aromatic N) is 1. The Morgan fingerprint density at radius 2 is 2.00 bits per heavy atom. The van der Waals surface area contributed by atoms with Crippen LogP contribution in [-0.2, 0) is 9.47 Å². The lowest BCUT2D eigenvalue weighted by Gasteiger charge is -2.40. The van der Waals surface area contributed by atoms with Gasteiger partial charge in [0.25, 0.3) is 0 Å². The molecule has 122 valence electrons. The predicted molar refractivity (Wildman–Crippen MR) is 80.8 cm³/mol. The SMILES string of the molecule is CC1([C@@H]2CCCN(C[C@@H](O)c3ccc(F)cc3)C2)OCCO1. The zero-order valence-corrected chi connectivity index (χ0v) is 13.0. The number of likely N-dealkylation sites (tertiary alicyclic amines) is 1. The summed E-state index contributed by atoms with van der Waals surface area (Å²) in [6.07, 6.45) is 1.56. The summed E-state index contributed by atoms with van der Waals surface area (Å²) in [6.45, 7) is 5.71. The fraction of sp³-hybridized carbons (Fsp3) is 0.647. The number of ether oxygens (including phenoxy) is 2. The highest BCUT2D eigenvalue weighted by Gasteiger charge is 2.41. The standard InChI is InChI=1S/C17H24FNO3/c1-17(21-9-10-22-17)14-3-2-8-19(11-14)12-16(20)13-4-6-15(18)7-5-13/h4-7,14,16,20H,2-3,8-12H2,1H3/t14-,16-/m1/s1. The predicted octanol–water partition coefficient (Wildman–Crippen LogP) is 2.33. The molecule has 1 N–H and O–H groups in total. The Hall–Kier alpha value is -1.01. The molecule has 2 saturated heterocycles. The minimum atomic E-state index is -0.599. The van der Waals surface area contributed by atoms with E-state index in [4.69, 9.17) is 9.47 Å². The molecule has 0 saturated carbocycles. The van der Waals surface area contributed by atoms with Gasteiger partial charge in [-0.1, -0.05) is 12.1 Å². The number of aliphatic hydroxyl groups excluding tert-OH is 1. The molecule has 0 unspecified atom stereocenters. The highest BCUT2D eigenvalue weighted by molar-refractivity contribution is 5.18. The van der Waals surface area contributed by atoms with E-state index in [-0.39, 0.29) is 5.82 Å². The summed E-state index contributed by atoms with van der Waals surface area (Å²) < 4.78 is 24.5. The van der Waals surface area contributed by atoms with Gasteiger partial charge in [-0.2, -0.15) is 0 Å². The van der Waals surface area contributed by atoms with E-state index in [1.165, 1.54) is 12.1 Å². The van der Waals surface area contributed by atoms with E-state index in [9.17, 15) is 9.50 Å². The van der Waals surface area contributed by atoms with Gasteiger partial charge < -0.3 is 14.6 Å². The Morgan fingerprint density at radius 3 is 2.68 bits per heavy atom. The molecule has 1 aromatic rings. The molecule has 2 heterocycles. The average molecular weight is 309 g/mol. The van der Waals surface area contributed by atoms with Crippen molar-refractivity contribution in [3.8, 4) is 0 Å². The number of benzene rings is 1. The van der Waals surface area contributed by atoms with Gasteiger partial charge >= 0.3 is 0 Å². The Balaban J connectivity index is 1.59. The smallest absolute Gasteiger partial charge is 0.169 e. The topological polar surface area (TPSA) is 41.9 Å². The first-order valence-electron chi connectivity index (χ1n) is 8.00. The van der Waals surface area contributed by atoms with Crippen LogP contribution in [0.25, 0.3) is 0 Å². The number of aliphatic hydroxyl groups is 1. The number of halogens is 1. The van der Waals surface area contributed by atoms with Crippen LogP contribution < -0.4 is 0 Å². The van der Waals surface area contributed by atoms with Crippen molar-refractivity contribution < 1.29 is 19.0 Å². The molecule has 0 aliphatic carbocycles. The van der Waals surface area contributed by atoms with Crippen LogP contribution >= 0.6 is 0 Å². The van der Waals surface area contributed by atoms with E-state index >= 15 is 0 Å². The molecule has 2 aliphatic heterocycles. The van der Waals surface area contributed by atoms with Crippen molar-refractivity contribution in [3.05, 3.63) is 35.6 Å². The minimum Gasteiger partial charge on any atom is -0.387 e. The second-order valence-corrected chi connectivity index (χ2v) is 6.38. The first kappa shape index (κ1) is 15.9. The largest absolute Gasteiger partial charge is 0.387 e. The monoisotopic (exact) mass is 309 g/mol. The highest BCUT2D eigenvalue weighted by atomic mass is 19.1. The summed E-state index contributed by atoms with van der Waals surface area (Å²) >= 11 is 0. The van der Waals surface area contributed by atoms with Crippen LogP contribution in [-0.4, -0.2) is 48.6 Å². The number of hydrogen-bond donors (Lipinski definition) is 1. The van der Waals surface area contributed by atoms with Crippen molar-refractivity contribution in [2.75, 3.05) is 32.8 Å². The molecule has 0 amide bonds. The molecule has 5 heteroatoms. The summed E-state index contributed by atoms with van der Waals surface area (Å²) in [7, 11) is 0. The van der Waals surface area contributed by atoms with Gasteiger partial charge in [-0.3, -0.25) is 4.90 Å². The van der Waals surface area contributed by atoms with E-state index in [0.717, 1.165) is 31.5 Å². The summed E-state index contributed by atoms with van der Waals surface area (Å²) in [4.78, 5) is 2.25. The van der Waals surface area contributed by atoms with Crippen molar-refractivity contribution in [3.63, 3.8) is 0 Å². The molecular formula is C17H24FNO3. The van der Waals surface area contributed by atoms with Crippen LogP contribution in [0.1, 0.15) is 31.4 Å². The van der Waals surface area contributed by atoms with Gasteiger partial charge in [0, 0.05) is 19.0 Å². The lowest BCUT2D eigenvalue weighted by Crippen LogP contribution is -2.47. The Labute approximate surface area is 130 Å². The van der Waals surface area contributed by atoms with Gasteiger partial charge in [-0.05, 0) is 44.0 Å². The lowest BCUT2D eigenvalue weighted by atomic mass is 9.90. The zero-order valence-electron chi connectivity index (χ0n) is 13.0. The van der Waals surface area contributed by atoms with E-state index in [2.05, 4.69) is 4.90 Å². The van der Waals surface area contributed by atoms with Gasteiger partial charge in [0.05, 0.1) is 19.3 Å². The second-order valence-electron chi connectivity index (χ2n) is 6.38. The fourth-order valence-corrected chi connectivity index (χ4v) is 3.45. The maximum Gasteiger partial charge on any atom is 0.169 e. The zero-order chi connectivity index (χ0) is 15.6. The van der Waals surface area contributed by atoms with Crippen molar-refractivity contribution in [1.29, 1.82) is 0 Å². The Morgan fingerprint density at radius 1 is 1.32 bits per heavy atom. The quantitative estimate of drug-likeness (QED) is 0.927. The maximum absolute atomic E-state index is 13.0. The second kappa shape index (κ2) is 6.62. The number of rotatable bonds is 4. The van der Waals surface area contributed by atoms with Crippen LogP contribution in [0.5, 0.6) is 0 Å². The van der Waals surface area contributed by atoms with E-state index < -0.39 is 11.9 Å². The molecule has 3 rings (SSSR count). The van der Waals surface area contributed by atoms with Crippen molar-refractivity contribution in [1.82, 2.24) is 4.90 Å². The van der Waals surface area contributed by atoms with E-state index in [0.29, 0.717) is 25.7 Å². The number of β-amino-alcohol motifs (C(OH)–C–C–N with tert-alkyl or cyclic N) is 1. The van der Waals surface area contributed by atoms with Gasteiger partial charge in [-0.15, -0.1) is 0 Å². The van der Waals surface area contributed by atoms with E-state index in [1.54, 1.807) is 12.1 Å². The average Bonchev–Trinajstić information content (AvgIpc) is 2.96. The Bertz CT molecular complexity index is 487. The molecule has 0 aromatic heterocycles. The van der Waals surface area contributed by atoms with Crippen molar-refractivity contribution in [2.45, 2.75) is 31.7 Å². The summed E-state index contributed by atoms with van der Waals surface area (Å²) in [5, 5.41) is 10.4. The molecule has 0 spiro atoms. The molecule has 4 nitrogen and oxygen atoms in total. The van der Waals surface area contributed by atoms with Crippen LogP contribution in [0.3, 0.4) is 0 Å². The van der Waals surface area contributed by atoms with Crippen molar-refractivity contribution >= 4 is 0 Å². The molecule has 2 atom stereocenters. The maximum atomic E-state index is 13.0. The van der Waals surface area contributed by atoms with Gasteiger partial charge in [0.1, 0.15) is 5.82 Å². The van der Waals surface area contributed by atoms with Crippen LogP contribution in [0, 0.1) is 11.7 Å². The van der Waals surface area contributed by atoms with Crippen LogP contribution in [0.15, 0.2) is 24.3 Å². The minimum absolute atomic E-state index is 0.280. The third-order valence-corrected chi connectivity index (χ3v) is 4.79. The molecule has 22 heavy (non-hydrogen) atoms. The molecule has 2 fully saturated rings. The van der Waals surface area contributed by atoms with Crippen LogP contribution in [0.2, 0.25) is 0 Å². The van der Waals surface area contributed by atoms with E-state index in [1.807, 2.05) is 6.92 Å². The number of hydrogen-bond acceptors (Lipinski definition) is 4. The molecule has 0 radical (unpaired) electrons. The summed E-state index contributed by atoms with van der Waals surface area (Å²) in [5.41, 5.74) is 0.753. The van der Waals surface area contributed by atoms with Gasteiger partial charge in [0.2, 0.25) is 0 Å². The first-order chi connectivity index (χ1) is 10.6. The summed E-state index contributed by atoms with van der Waals surface area (Å²) in [5.74, 6) is -0.443. The van der Waals surface area contributed by atoms with Crippen molar-refractivity contribution in [2.24, 2.45) is 5.92 Å². The third kappa shape index (κ3) is 3.49. The van der Waals surface area contributed by atoms with Crippen LogP contribution in [0.4, 0.5) is 4.39 Å². The first-order valence-corrected chi connectivity index (χ1v) is 8.00. The number of piperidine rings is 1. The lowest BCUT2D eigenvalue weighted by molar-refractivity contribution is -0.192. The summed E-state index contributed by atoms with van der Waals surface area (Å²) in [6, 6.07) is 6.06. The molecule has 2 aliphatic rings. The molecular weight excluding hydrogens is 285 g/mol. The normalized spacial score (nSPS) is 27.0. The Kier molecular flexibility index (Phi) is 4.78. The third-order valence-electron chi connectivity index (χ3n) is 4.79. The van der Waals surface area contributed by atoms with Gasteiger partial charge in [-0.25, -0.2) is 4.39 Å². The highest BCUT2D eigenvalue weighted by Crippen LogP contribution is 2.34. The molecule has 0 bridgehead atoms. The molecule has 1 aromatic carbocycles. The fourth-order valence-electron chi connectivity index (χ4n) is 3.45. The van der Waals surface area contributed by atoms with Gasteiger partial charge in [0.15, 0.2) is 5.79 Å².